The molecule has 0 aliphatic heterocycles. The van der Waals surface area contributed by atoms with Crippen molar-refractivity contribution in [3.8, 4) is 89.8 Å². The lowest BCUT2D eigenvalue weighted by Gasteiger charge is -2.36. The lowest BCUT2D eigenvalue weighted by Crippen LogP contribution is -2.30. The van der Waals surface area contributed by atoms with Crippen LogP contribution in [0.4, 0.5) is 0 Å². The zero-order valence-corrected chi connectivity index (χ0v) is 36.6. The summed E-state index contributed by atoms with van der Waals surface area (Å²) < 4.78 is 0. The van der Waals surface area contributed by atoms with Gasteiger partial charge >= 0.3 is 0 Å². The van der Waals surface area contributed by atoms with Crippen molar-refractivity contribution in [1.29, 1.82) is 0 Å². The van der Waals surface area contributed by atoms with Crippen LogP contribution in [0.25, 0.3) is 89.8 Å². The summed E-state index contributed by atoms with van der Waals surface area (Å²) >= 11 is 0. The number of rotatable bonds is 5. The highest BCUT2D eigenvalue weighted by Gasteiger charge is 2.50. The molecule has 0 N–H and O–H groups in total. The minimum absolute atomic E-state index is 0.0415. The van der Waals surface area contributed by atoms with Crippen molar-refractivity contribution < 1.29 is 0 Å². The zero-order valence-electron chi connectivity index (χ0n) is 36.6. The molecule has 0 saturated carbocycles. The molecule has 0 radical (unpaired) electrons. The van der Waals surface area contributed by atoms with E-state index in [1.807, 2.05) is 12.1 Å². The van der Waals surface area contributed by atoms with E-state index in [-0.39, 0.29) is 5.41 Å². The number of nitrogens with zero attached hydrogens (tertiary/aromatic N) is 3. The fourth-order valence-corrected chi connectivity index (χ4v) is 10.4. The van der Waals surface area contributed by atoms with E-state index in [9.17, 15) is 0 Å². The third-order valence-electron chi connectivity index (χ3n) is 13.5. The smallest absolute Gasteiger partial charge is 0.164 e. The molecule has 308 valence electrons. The summed E-state index contributed by atoms with van der Waals surface area (Å²) in [5, 5.41) is 0. The molecule has 2 aliphatic rings. The van der Waals surface area contributed by atoms with E-state index in [4.69, 9.17) is 15.0 Å². The molecule has 2 aliphatic carbocycles. The molecule has 10 aromatic rings. The van der Waals surface area contributed by atoms with Crippen molar-refractivity contribution in [3.63, 3.8) is 0 Å². The van der Waals surface area contributed by atoms with Crippen molar-refractivity contribution in [2.24, 2.45) is 0 Å². The van der Waals surface area contributed by atoms with Crippen molar-refractivity contribution in [3.05, 3.63) is 246 Å². The summed E-state index contributed by atoms with van der Waals surface area (Å²) in [6.07, 6.45) is 0. The quantitative estimate of drug-likeness (QED) is 0.173. The van der Waals surface area contributed by atoms with Gasteiger partial charge < -0.3 is 0 Å². The highest BCUT2D eigenvalue weighted by molar-refractivity contribution is 5.98. The second-order valence-electron chi connectivity index (χ2n) is 18.4. The van der Waals surface area contributed by atoms with Crippen LogP contribution in [0.1, 0.15) is 48.6 Å². The number of hydrogen-bond acceptors (Lipinski definition) is 3. The van der Waals surface area contributed by atoms with Gasteiger partial charge in [0, 0.05) is 16.7 Å². The van der Waals surface area contributed by atoms with Crippen LogP contribution in [0.15, 0.2) is 218 Å². The van der Waals surface area contributed by atoms with Crippen LogP contribution in [0.5, 0.6) is 0 Å². The van der Waals surface area contributed by atoms with Crippen LogP contribution in [0.2, 0.25) is 0 Å². The van der Waals surface area contributed by atoms with E-state index in [0.29, 0.717) is 17.5 Å². The summed E-state index contributed by atoms with van der Waals surface area (Å²) in [5.41, 5.74) is 20.5. The standard InChI is InChI=1S/C62H45N3/c1-61(2,3)47-33-34-52-51-29-13-15-31-55(51)62(57(52)39-47)54-30-14-12-28-50(54)48-26-10-11-27-49(48)53-38-46(32-35-56(53)62)60-64-58(44-24-16-22-42(36-44)40-18-6-4-7-19-40)63-59(65-60)45-25-17-23-43(37-45)41-20-8-5-9-21-41/h4-39H,1-3H3. The van der Waals surface area contributed by atoms with E-state index >= 15 is 0 Å². The van der Waals surface area contributed by atoms with Gasteiger partial charge in [-0.3, -0.25) is 0 Å². The van der Waals surface area contributed by atoms with Gasteiger partial charge in [0.2, 0.25) is 0 Å². The van der Waals surface area contributed by atoms with Crippen LogP contribution in [0.3, 0.4) is 0 Å². The van der Waals surface area contributed by atoms with Crippen molar-refractivity contribution in [1.82, 2.24) is 15.0 Å². The summed E-state index contributed by atoms with van der Waals surface area (Å²) in [6.45, 7) is 6.94. The highest BCUT2D eigenvalue weighted by atomic mass is 15.0. The van der Waals surface area contributed by atoms with Crippen LogP contribution in [-0.2, 0) is 10.8 Å². The molecule has 0 amide bonds. The van der Waals surface area contributed by atoms with Gasteiger partial charge in [-0.2, -0.15) is 0 Å². The van der Waals surface area contributed by atoms with E-state index in [1.165, 1.54) is 61.2 Å². The topological polar surface area (TPSA) is 38.7 Å². The maximum Gasteiger partial charge on any atom is 0.164 e. The average Bonchev–Trinajstić information content (AvgIpc) is 3.61. The molecule has 0 fully saturated rings. The fraction of sp³-hybridized carbons (Fsp3) is 0.0806. The van der Waals surface area contributed by atoms with Crippen molar-refractivity contribution in [2.45, 2.75) is 31.6 Å². The van der Waals surface area contributed by atoms with Crippen LogP contribution in [-0.4, -0.2) is 15.0 Å². The summed E-state index contributed by atoms with van der Waals surface area (Å²) in [4.78, 5) is 16.0. The van der Waals surface area contributed by atoms with Gasteiger partial charge in [-0.25, -0.2) is 15.0 Å². The Hall–Kier alpha value is -8.01. The predicted molar refractivity (Wildman–Crippen MR) is 267 cm³/mol. The normalized spacial score (nSPS) is 14.4. The van der Waals surface area contributed by atoms with Crippen LogP contribution in [0, 0.1) is 0 Å². The Labute approximate surface area is 380 Å². The Kier molecular flexibility index (Phi) is 8.96. The van der Waals surface area contributed by atoms with E-state index in [0.717, 1.165) is 38.9 Å². The molecule has 1 aromatic heterocycles. The van der Waals surface area contributed by atoms with E-state index < -0.39 is 5.41 Å². The number of hydrogen-bond donors (Lipinski definition) is 0. The number of benzene rings is 9. The summed E-state index contributed by atoms with van der Waals surface area (Å²) in [6, 6.07) is 79.2. The molecule has 1 atom stereocenters. The largest absolute Gasteiger partial charge is 0.208 e. The Bertz CT molecular complexity index is 3370. The van der Waals surface area contributed by atoms with Crippen LogP contribution >= 0.6 is 0 Å². The molecule has 1 heterocycles. The van der Waals surface area contributed by atoms with Crippen molar-refractivity contribution >= 4 is 0 Å². The average molecular weight is 832 g/mol. The molecule has 3 nitrogen and oxygen atoms in total. The first kappa shape index (κ1) is 38.6. The molecule has 12 rings (SSSR count). The number of fused-ring (bicyclic) bond motifs is 12. The highest BCUT2D eigenvalue weighted by Crippen LogP contribution is 2.62. The van der Waals surface area contributed by atoms with E-state index in [1.54, 1.807) is 0 Å². The van der Waals surface area contributed by atoms with Crippen LogP contribution < -0.4 is 0 Å². The monoisotopic (exact) mass is 831 g/mol. The van der Waals surface area contributed by atoms with Gasteiger partial charge in [0.15, 0.2) is 17.5 Å². The Morgan fingerprint density at radius 3 is 1.22 bits per heavy atom. The van der Waals surface area contributed by atoms with Gasteiger partial charge in [0.05, 0.1) is 5.41 Å². The Morgan fingerprint density at radius 2 is 0.677 bits per heavy atom. The number of aromatic nitrogens is 3. The van der Waals surface area contributed by atoms with E-state index in [2.05, 4.69) is 227 Å². The van der Waals surface area contributed by atoms with Gasteiger partial charge in [-0.1, -0.05) is 221 Å². The fourth-order valence-electron chi connectivity index (χ4n) is 10.4. The summed E-state index contributed by atoms with van der Waals surface area (Å²) in [7, 11) is 0. The third kappa shape index (κ3) is 6.30. The minimum Gasteiger partial charge on any atom is -0.208 e. The summed E-state index contributed by atoms with van der Waals surface area (Å²) in [5.74, 6) is 1.87. The van der Waals surface area contributed by atoms with Gasteiger partial charge in [0.1, 0.15) is 0 Å². The first-order chi connectivity index (χ1) is 31.8. The van der Waals surface area contributed by atoms with Crippen molar-refractivity contribution in [2.75, 3.05) is 0 Å². The Balaban J connectivity index is 1.12. The maximum absolute atomic E-state index is 5.36. The molecular weight excluding hydrogens is 787 g/mol. The maximum atomic E-state index is 5.36. The molecule has 3 heteroatoms. The molecule has 0 bridgehead atoms. The third-order valence-corrected chi connectivity index (χ3v) is 13.5. The zero-order chi connectivity index (χ0) is 43.7. The van der Waals surface area contributed by atoms with Gasteiger partial charge in [0.25, 0.3) is 0 Å². The second-order valence-corrected chi connectivity index (χ2v) is 18.4. The SMILES string of the molecule is CC(C)(C)c1ccc2c(c1)C1(c3ccccc3-c3ccccc3-c3cc(-c4nc(-c5cccc(-c6ccccc6)c5)nc(-c5cccc(-c6ccccc6)c5)n4)ccc31)c1ccccc1-2. The molecule has 0 saturated heterocycles. The first-order valence-electron chi connectivity index (χ1n) is 22.5. The first-order valence-corrected chi connectivity index (χ1v) is 22.5. The molecular formula is C62H45N3. The predicted octanol–water partition coefficient (Wildman–Crippen LogP) is 15.5. The minimum atomic E-state index is -0.595. The lowest BCUT2D eigenvalue weighted by atomic mass is 9.65. The van der Waals surface area contributed by atoms with Gasteiger partial charge in [-0.05, 0) is 107 Å². The van der Waals surface area contributed by atoms with Gasteiger partial charge in [-0.15, -0.1) is 0 Å². The molecule has 1 unspecified atom stereocenters. The lowest BCUT2D eigenvalue weighted by molar-refractivity contribution is 0.588. The second kappa shape index (κ2) is 15.1. The Morgan fingerprint density at radius 1 is 0.277 bits per heavy atom. The molecule has 65 heavy (non-hydrogen) atoms. The molecule has 9 aromatic carbocycles. The molecule has 1 spiro atoms.